The molecular weight excluding hydrogens is 228 g/mol. The summed E-state index contributed by atoms with van der Waals surface area (Å²) in [6.07, 6.45) is 0.00205. The van der Waals surface area contributed by atoms with Gasteiger partial charge in [-0.2, -0.15) is 0 Å². The topological polar surface area (TPSA) is 46.5 Å². The molecule has 0 aliphatic carbocycles. The minimum absolute atomic E-state index is 0. The van der Waals surface area contributed by atoms with E-state index in [1.54, 1.807) is 18.2 Å². The van der Waals surface area contributed by atoms with Gasteiger partial charge < -0.3 is 9.84 Å². The van der Waals surface area contributed by atoms with Crippen molar-refractivity contribution < 1.29 is 14.6 Å². The second kappa shape index (κ2) is 6.93. The summed E-state index contributed by atoms with van der Waals surface area (Å²) in [7, 11) is 0. The highest BCUT2D eigenvalue weighted by atomic mass is 35.5. The molecule has 0 heterocycles. The van der Waals surface area contributed by atoms with E-state index in [4.69, 9.17) is 21.4 Å². The number of aryl methyl sites for hydroxylation is 1. The molecule has 0 aliphatic rings. The second-order valence-corrected chi connectivity index (χ2v) is 3.34. The number of hydrogen-bond donors (Lipinski definition) is 1. The number of benzene rings is 1. The molecule has 0 aliphatic heterocycles. The van der Waals surface area contributed by atoms with E-state index in [0.717, 1.165) is 5.56 Å². The van der Waals surface area contributed by atoms with Gasteiger partial charge in [-0.05, 0) is 30.7 Å². The summed E-state index contributed by atoms with van der Waals surface area (Å²) in [5, 5.41) is 9.05. The number of carboxylic acids is 1. The van der Waals surface area contributed by atoms with Gasteiger partial charge in [0, 0.05) is 5.02 Å². The summed E-state index contributed by atoms with van der Waals surface area (Å²) in [5.41, 5.74) is 0.905. The van der Waals surface area contributed by atoms with E-state index in [2.05, 4.69) is 0 Å². The Hall–Kier alpha value is -0.454. The number of carbonyl (C=O) groups is 1. The quantitative estimate of drug-likeness (QED) is 0.814. The zero-order chi connectivity index (χ0) is 10.6. The molecule has 0 radical (unpaired) electrons. The van der Waals surface area contributed by atoms with E-state index in [-0.39, 0.29) is 36.1 Å². The molecule has 3 nitrogen and oxygen atoms in total. The fourth-order valence-electron chi connectivity index (χ4n) is 1.02. The predicted octanol–water partition coefficient (Wildman–Crippen LogP) is 1.59. The average molecular weight is 241 g/mol. The molecule has 0 atom stereocenters. The van der Waals surface area contributed by atoms with Crippen LogP contribution in [0.15, 0.2) is 18.2 Å². The van der Waals surface area contributed by atoms with Gasteiger partial charge in [-0.3, -0.25) is 4.79 Å². The highest BCUT2D eigenvalue weighted by Crippen LogP contribution is 2.21. The smallest absolute Gasteiger partial charge is 0.316 e. The summed E-state index contributed by atoms with van der Waals surface area (Å²) < 4.78 is 5.26. The predicted molar refractivity (Wildman–Crippen MR) is 62.5 cm³/mol. The van der Waals surface area contributed by atoms with Crippen LogP contribution in [0, 0.1) is 6.92 Å². The van der Waals surface area contributed by atoms with Gasteiger partial charge >= 0.3 is 29.0 Å². The molecule has 80 valence electrons. The summed E-state index contributed by atoms with van der Waals surface area (Å²) in [5.74, 6) is -0.188. The standard InChI is InChI=1S/C10H11ClO3.Mg.2H/c1-7-6-8(11)2-3-9(7)14-5-4-10(12)13;;;/h2-3,6H,4-5H2,1H3,(H,12,13);;;. The molecule has 1 N–H and O–H groups in total. The molecular formula is C10H13ClMgO3. The second-order valence-electron chi connectivity index (χ2n) is 2.90. The van der Waals surface area contributed by atoms with Crippen LogP contribution in [0.3, 0.4) is 0 Å². The number of halogens is 1. The maximum absolute atomic E-state index is 10.2. The van der Waals surface area contributed by atoms with Gasteiger partial charge in [-0.1, -0.05) is 11.6 Å². The van der Waals surface area contributed by atoms with Crippen molar-refractivity contribution in [3.63, 3.8) is 0 Å². The first kappa shape index (κ1) is 14.5. The van der Waals surface area contributed by atoms with E-state index >= 15 is 0 Å². The fourth-order valence-corrected chi connectivity index (χ4v) is 1.25. The monoisotopic (exact) mass is 240 g/mol. The van der Waals surface area contributed by atoms with Gasteiger partial charge in [-0.15, -0.1) is 0 Å². The van der Waals surface area contributed by atoms with Crippen molar-refractivity contribution in [2.24, 2.45) is 0 Å². The number of hydrogen-bond acceptors (Lipinski definition) is 2. The molecule has 0 fully saturated rings. The van der Waals surface area contributed by atoms with Gasteiger partial charge in [-0.25, -0.2) is 0 Å². The van der Waals surface area contributed by atoms with E-state index in [9.17, 15) is 4.79 Å². The molecule has 1 rings (SSSR count). The van der Waals surface area contributed by atoms with Gasteiger partial charge in [0.2, 0.25) is 0 Å². The molecule has 0 saturated carbocycles. The van der Waals surface area contributed by atoms with Gasteiger partial charge in [0.1, 0.15) is 5.75 Å². The van der Waals surface area contributed by atoms with Crippen LogP contribution in [0.1, 0.15) is 12.0 Å². The minimum Gasteiger partial charge on any atom is -0.493 e. The largest absolute Gasteiger partial charge is 0.493 e. The van der Waals surface area contributed by atoms with E-state index in [1.165, 1.54) is 0 Å². The minimum atomic E-state index is -0.864. The third-order valence-electron chi connectivity index (χ3n) is 1.71. The van der Waals surface area contributed by atoms with Crippen molar-refractivity contribution in [2.45, 2.75) is 13.3 Å². The lowest BCUT2D eigenvalue weighted by molar-refractivity contribution is -0.137. The summed E-state index contributed by atoms with van der Waals surface area (Å²) >= 11 is 5.75. The molecule has 0 bridgehead atoms. The highest BCUT2D eigenvalue weighted by molar-refractivity contribution is 6.30. The maximum atomic E-state index is 10.2. The Labute approximate surface area is 110 Å². The summed E-state index contributed by atoms with van der Waals surface area (Å²) in [6.45, 7) is 2.04. The number of rotatable bonds is 4. The molecule has 0 unspecified atom stereocenters. The molecule has 5 heteroatoms. The van der Waals surface area contributed by atoms with E-state index < -0.39 is 5.97 Å². The molecule has 0 saturated heterocycles. The molecule has 0 aromatic heterocycles. The number of ether oxygens (including phenoxy) is 1. The summed E-state index contributed by atoms with van der Waals surface area (Å²) in [4.78, 5) is 10.2. The molecule has 1 aromatic carbocycles. The first-order chi connectivity index (χ1) is 6.59. The maximum Gasteiger partial charge on any atom is 0.316 e. The van der Waals surface area contributed by atoms with Gasteiger partial charge in [0.25, 0.3) is 0 Å². The number of carboxylic acid groups (broad SMARTS) is 1. The van der Waals surface area contributed by atoms with Crippen LogP contribution >= 0.6 is 11.6 Å². The Kier molecular flexibility index (Phi) is 6.72. The zero-order valence-corrected chi connectivity index (χ0v) is 8.54. The first-order valence-corrected chi connectivity index (χ1v) is 4.58. The van der Waals surface area contributed by atoms with E-state index in [0.29, 0.717) is 10.8 Å². The highest BCUT2D eigenvalue weighted by Gasteiger charge is 2.01. The lowest BCUT2D eigenvalue weighted by Crippen LogP contribution is -2.05. The van der Waals surface area contributed by atoms with Crippen molar-refractivity contribution in [1.82, 2.24) is 0 Å². The average Bonchev–Trinajstić information content (AvgIpc) is 2.08. The summed E-state index contributed by atoms with van der Waals surface area (Å²) in [6, 6.07) is 5.22. The molecule has 0 amide bonds. The first-order valence-electron chi connectivity index (χ1n) is 4.20. The van der Waals surface area contributed by atoms with Crippen LogP contribution in [0.2, 0.25) is 5.02 Å². The van der Waals surface area contributed by atoms with Crippen LogP contribution in [-0.4, -0.2) is 40.7 Å². The molecule has 0 spiro atoms. The van der Waals surface area contributed by atoms with Crippen LogP contribution in [0.5, 0.6) is 5.75 Å². The Morgan fingerprint density at radius 2 is 2.20 bits per heavy atom. The zero-order valence-electron chi connectivity index (χ0n) is 7.79. The Morgan fingerprint density at radius 3 is 2.73 bits per heavy atom. The van der Waals surface area contributed by atoms with Crippen molar-refractivity contribution in [3.8, 4) is 5.75 Å². The lowest BCUT2D eigenvalue weighted by Gasteiger charge is -2.07. The van der Waals surface area contributed by atoms with Crippen LogP contribution in [-0.2, 0) is 4.79 Å². The molecule has 15 heavy (non-hydrogen) atoms. The van der Waals surface area contributed by atoms with Crippen LogP contribution in [0.25, 0.3) is 0 Å². The lowest BCUT2D eigenvalue weighted by atomic mass is 10.2. The van der Waals surface area contributed by atoms with Gasteiger partial charge in [0.05, 0.1) is 13.0 Å². The van der Waals surface area contributed by atoms with Crippen molar-refractivity contribution >= 4 is 40.6 Å². The third kappa shape index (κ3) is 5.25. The normalized spacial score (nSPS) is 9.20. The fraction of sp³-hybridized carbons (Fsp3) is 0.300. The number of aliphatic carboxylic acids is 1. The van der Waals surface area contributed by atoms with Crippen molar-refractivity contribution in [2.75, 3.05) is 6.61 Å². The Bertz CT molecular complexity index is 341. The van der Waals surface area contributed by atoms with E-state index in [1.807, 2.05) is 6.92 Å². The van der Waals surface area contributed by atoms with Crippen molar-refractivity contribution in [1.29, 1.82) is 0 Å². The Morgan fingerprint density at radius 1 is 1.53 bits per heavy atom. The van der Waals surface area contributed by atoms with Crippen LogP contribution < -0.4 is 4.74 Å². The molecule has 1 aromatic rings. The SMILES string of the molecule is Cc1cc(Cl)ccc1OCCC(=O)O.[MgH2]. The Balaban J connectivity index is 0.00000196. The van der Waals surface area contributed by atoms with Crippen LogP contribution in [0.4, 0.5) is 0 Å². The van der Waals surface area contributed by atoms with Gasteiger partial charge in [0.15, 0.2) is 0 Å². The third-order valence-corrected chi connectivity index (χ3v) is 1.95. The van der Waals surface area contributed by atoms with Crippen molar-refractivity contribution in [3.05, 3.63) is 28.8 Å².